The standard InChI is InChI=1S/C16H31NO2/c1-5-7-8-14(6-2)13-15(18)16(3,4)17-9-11-19-12-10-17/h14H,5-13H2,1-4H3. The summed E-state index contributed by atoms with van der Waals surface area (Å²) in [6.45, 7) is 11.8. The second kappa shape index (κ2) is 8.01. The van der Waals surface area contributed by atoms with Gasteiger partial charge in [-0.3, -0.25) is 9.69 Å². The van der Waals surface area contributed by atoms with E-state index in [0.29, 0.717) is 11.7 Å². The summed E-state index contributed by atoms with van der Waals surface area (Å²) in [7, 11) is 0. The van der Waals surface area contributed by atoms with E-state index >= 15 is 0 Å². The molecule has 3 heteroatoms. The quantitative estimate of drug-likeness (QED) is 0.677. The monoisotopic (exact) mass is 269 g/mol. The van der Waals surface area contributed by atoms with Crippen LogP contribution in [0.4, 0.5) is 0 Å². The number of carbonyl (C=O) groups is 1. The highest BCUT2D eigenvalue weighted by Gasteiger charge is 2.35. The van der Waals surface area contributed by atoms with Gasteiger partial charge in [0.05, 0.1) is 18.8 Å². The Balaban J connectivity index is 2.53. The van der Waals surface area contributed by atoms with Gasteiger partial charge in [0.15, 0.2) is 5.78 Å². The number of hydrogen-bond acceptors (Lipinski definition) is 3. The van der Waals surface area contributed by atoms with E-state index in [-0.39, 0.29) is 5.54 Å². The molecule has 1 fully saturated rings. The number of nitrogens with zero attached hydrogens (tertiary/aromatic N) is 1. The van der Waals surface area contributed by atoms with Crippen molar-refractivity contribution in [1.82, 2.24) is 4.90 Å². The van der Waals surface area contributed by atoms with Gasteiger partial charge in [-0.2, -0.15) is 0 Å². The smallest absolute Gasteiger partial charge is 0.152 e. The van der Waals surface area contributed by atoms with Crippen LogP contribution in [0.3, 0.4) is 0 Å². The van der Waals surface area contributed by atoms with Crippen LogP contribution in [0, 0.1) is 5.92 Å². The SMILES string of the molecule is CCCCC(CC)CC(=O)C(C)(C)N1CCOCC1. The van der Waals surface area contributed by atoms with Crippen LogP contribution in [0.1, 0.15) is 59.8 Å². The molecule has 1 heterocycles. The van der Waals surface area contributed by atoms with Gasteiger partial charge < -0.3 is 4.74 Å². The maximum atomic E-state index is 12.6. The van der Waals surface area contributed by atoms with Crippen molar-refractivity contribution < 1.29 is 9.53 Å². The molecule has 3 nitrogen and oxygen atoms in total. The van der Waals surface area contributed by atoms with Crippen molar-refractivity contribution in [2.24, 2.45) is 5.92 Å². The first-order chi connectivity index (χ1) is 9.02. The highest BCUT2D eigenvalue weighted by molar-refractivity contribution is 5.87. The Labute approximate surface area is 118 Å². The number of morpholine rings is 1. The molecule has 1 aliphatic rings. The van der Waals surface area contributed by atoms with Crippen molar-refractivity contribution >= 4 is 5.78 Å². The fraction of sp³-hybridized carbons (Fsp3) is 0.938. The maximum Gasteiger partial charge on any atom is 0.152 e. The minimum atomic E-state index is -0.330. The molecule has 1 aliphatic heterocycles. The van der Waals surface area contributed by atoms with E-state index in [2.05, 4.69) is 32.6 Å². The Bertz CT molecular complexity index is 270. The molecule has 1 saturated heterocycles. The molecule has 112 valence electrons. The molecule has 0 radical (unpaired) electrons. The van der Waals surface area contributed by atoms with E-state index in [1.807, 2.05) is 0 Å². The van der Waals surface area contributed by atoms with Gasteiger partial charge in [0.1, 0.15) is 0 Å². The number of hydrogen-bond donors (Lipinski definition) is 0. The molecular formula is C16H31NO2. The second-order valence-electron chi connectivity index (χ2n) is 6.20. The largest absolute Gasteiger partial charge is 0.379 e. The number of unbranched alkanes of at least 4 members (excludes halogenated alkanes) is 1. The predicted octanol–water partition coefficient (Wildman–Crippen LogP) is 3.27. The van der Waals surface area contributed by atoms with Gasteiger partial charge in [0.25, 0.3) is 0 Å². The summed E-state index contributed by atoms with van der Waals surface area (Å²) in [4.78, 5) is 14.9. The fourth-order valence-electron chi connectivity index (χ4n) is 2.75. The van der Waals surface area contributed by atoms with Gasteiger partial charge in [-0.25, -0.2) is 0 Å². The maximum absolute atomic E-state index is 12.6. The summed E-state index contributed by atoms with van der Waals surface area (Å²) in [6, 6.07) is 0. The molecule has 0 N–H and O–H groups in total. The molecular weight excluding hydrogens is 238 g/mol. The molecule has 0 aliphatic carbocycles. The number of rotatable bonds is 8. The zero-order valence-corrected chi connectivity index (χ0v) is 13.2. The van der Waals surface area contributed by atoms with E-state index in [1.54, 1.807) is 0 Å². The lowest BCUT2D eigenvalue weighted by atomic mass is 9.86. The van der Waals surface area contributed by atoms with Crippen LogP contribution < -0.4 is 0 Å². The predicted molar refractivity (Wildman–Crippen MR) is 79.4 cm³/mol. The summed E-state index contributed by atoms with van der Waals surface area (Å²) >= 11 is 0. The molecule has 0 aromatic carbocycles. The highest BCUT2D eigenvalue weighted by Crippen LogP contribution is 2.24. The van der Waals surface area contributed by atoms with Crippen LogP contribution in [0.15, 0.2) is 0 Å². The van der Waals surface area contributed by atoms with Gasteiger partial charge in [-0.15, -0.1) is 0 Å². The van der Waals surface area contributed by atoms with Crippen LogP contribution in [0.25, 0.3) is 0 Å². The van der Waals surface area contributed by atoms with Crippen LogP contribution >= 0.6 is 0 Å². The Kier molecular flexibility index (Phi) is 7.01. The van der Waals surface area contributed by atoms with E-state index < -0.39 is 0 Å². The van der Waals surface area contributed by atoms with E-state index in [0.717, 1.165) is 39.1 Å². The Morgan fingerprint density at radius 1 is 1.26 bits per heavy atom. The molecule has 0 spiro atoms. The van der Waals surface area contributed by atoms with Crippen LogP contribution in [0.5, 0.6) is 0 Å². The van der Waals surface area contributed by atoms with Crippen molar-refractivity contribution in [3.05, 3.63) is 0 Å². The van der Waals surface area contributed by atoms with Gasteiger partial charge in [-0.05, 0) is 19.8 Å². The molecule has 1 unspecified atom stereocenters. The van der Waals surface area contributed by atoms with Crippen molar-refractivity contribution in [1.29, 1.82) is 0 Å². The Hall–Kier alpha value is -0.410. The van der Waals surface area contributed by atoms with Crippen molar-refractivity contribution in [2.45, 2.75) is 65.3 Å². The highest BCUT2D eigenvalue weighted by atomic mass is 16.5. The fourth-order valence-corrected chi connectivity index (χ4v) is 2.75. The second-order valence-corrected chi connectivity index (χ2v) is 6.20. The molecule has 0 aromatic rings. The summed E-state index contributed by atoms with van der Waals surface area (Å²) in [5.74, 6) is 0.963. The molecule has 0 aromatic heterocycles. The molecule has 1 atom stereocenters. The lowest BCUT2D eigenvalue weighted by Gasteiger charge is -2.40. The zero-order valence-electron chi connectivity index (χ0n) is 13.2. The summed E-state index contributed by atoms with van der Waals surface area (Å²) in [5.41, 5.74) is -0.330. The lowest BCUT2D eigenvalue weighted by Crippen LogP contribution is -2.54. The molecule has 0 saturated carbocycles. The molecule has 0 bridgehead atoms. The van der Waals surface area contributed by atoms with Gasteiger partial charge in [-0.1, -0.05) is 39.5 Å². The van der Waals surface area contributed by atoms with E-state index in [4.69, 9.17) is 4.74 Å². The van der Waals surface area contributed by atoms with Crippen molar-refractivity contribution in [2.75, 3.05) is 26.3 Å². The van der Waals surface area contributed by atoms with E-state index in [9.17, 15) is 4.79 Å². The summed E-state index contributed by atoms with van der Waals surface area (Å²) < 4.78 is 5.38. The number of Topliss-reactive ketones (excluding diaryl/α,β-unsaturated/α-hetero) is 1. The first kappa shape index (κ1) is 16.6. The van der Waals surface area contributed by atoms with E-state index in [1.165, 1.54) is 19.3 Å². The third-order valence-electron chi connectivity index (χ3n) is 4.50. The van der Waals surface area contributed by atoms with Crippen LogP contribution in [0.2, 0.25) is 0 Å². The first-order valence-corrected chi connectivity index (χ1v) is 7.88. The Morgan fingerprint density at radius 3 is 2.42 bits per heavy atom. The van der Waals surface area contributed by atoms with Crippen LogP contribution in [-0.4, -0.2) is 42.5 Å². The third kappa shape index (κ3) is 4.88. The summed E-state index contributed by atoms with van der Waals surface area (Å²) in [6.07, 6.45) is 5.50. The zero-order chi connectivity index (χ0) is 14.3. The third-order valence-corrected chi connectivity index (χ3v) is 4.50. The van der Waals surface area contributed by atoms with Gasteiger partial charge in [0, 0.05) is 19.5 Å². The molecule has 1 rings (SSSR count). The normalized spacial score (nSPS) is 19.4. The number of ether oxygens (including phenoxy) is 1. The van der Waals surface area contributed by atoms with Gasteiger partial charge in [0.2, 0.25) is 0 Å². The average Bonchev–Trinajstić information content (AvgIpc) is 2.44. The molecule has 0 amide bonds. The number of ketones is 1. The minimum absolute atomic E-state index is 0.330. The molecule has 19 heavy (non-hydrogen) atoms. The van der Waals surface area contributed by atoms with Crippen molar-refractivity contribution in [3.8, 4) is 0 Å². The van der Waals surface area contributed by atoms with Gasteiger partial charge >= 0.3 is 0 Å². The lowest BCUT2D eigenvalue weighted by molar-refractivity contribution is -0.133. The first-order valence-electron chi connectivity index (χ1n) is 7.88. The van der Waals surface area contributed by atoms with Crippen LogP contribution in [-0.2, 0) is 9.53 Å². The summed E-state index contributed by atoms with van der Waals surface area (Å²) in [5, 5.41) is 0. The average molecular weight is 269 g/mol. The topological polar surface area (TPSA) is 29.5 Å². The number of carbonyl (C=O) groups excluding carboxylic acids is 1. The minimum Gasteiger partial charge on any atom is -0.379 e. The Morgan fingerprint density at radius 2 is 1.89 bits per heavy atom. The van der Waals surface area contributed by atoms with Crippen molar-refractivity contribution in [3.63, 3.8) is 0 Å².